The number of aromatic nitrogens is 3. The summed E-state index contributed by atoms with van der Waals surface area (Å²) < 4.78 is 42.9. The molecule has 1 atom stereocenters. The summed E-state index contributed by atoms with van der Waals surface area (Å²) in [4.78, 5) is 23.4. The van der Waals surface area contributed by atoms with Gasteiger partial charge in [0.2, 0.25) is 0 Å². The summed E-state index contributed by atoms with van der Waals surface area (Å²) in [6, 6.07) is 10.4. The van der Waals surface area contributed by atoms with Crippen LogP contribution in [-0.2, 0) is 6.54 Å². The Balaban J connectivity index is 1.42. The van der Waals surface area contributed by atoms with Crippen LogP contribution in [0.5, 0.6) is 0 Å². The molecule has 1 amide bonds. The molecule has 1 saturated heterocycles. The maximum Gasteiger partial charge on any atom is 0.327 e. The van der Waals surface area contributed by atoms with Gasteiger partial charge in [0.25, 0.3) is 0 Å². The van der Waals surface area contributed by atoms with Crippen molar-refractivity contribution in [1.29, 1.82) is 0 Å². The number of nitrogens with zero attached hydrogens (tertiary/aromatic N) is 4. The fourth-order valence-corrected chi connectivity index (χ4v) is 4.26. The number of anilines is 1. The van der Waals surface area contributed by atoms with E-state index >= 15 is 0 Å². The first-order valence-electron chi connectivity index (χ1n) is 10.6. The smallest absolute Gasteiger partial charge is 0.327 e. The quantitative estimate of drug-likeness (QED) is 0.477. The fraction of sp³-hybridized carbons (Fsp3) is 0.208. The Morgan fingerprint density at radius 3 is 2.76 bits per heavy atom. The highest BCUT2D eigenvalue weighted by Gasteiger charge is 2.30. The van der Waals surface area contributed by atoms with Crippen molar-refractivity contribution in [2.45, 2.75) is 25.4 Å². The average molecular weight is 451 g/mol. The lowest BCUT2D eigenvalue weighted by atomic mass is 10.0. The number of carbonyl (C=O) groups is 1. The minimum Gasteiger partial charge on any atom is -0.349 e. The molecule has 1 aliphatic heterocycles. The van der Waals surface area contributed by atoms with E-state index in [0.29, 0.717) is 35.4 Å². The molecule has 0 saturated carbocycles. The third-order valence-electron chi connectivity index (χ3n) is 5.83. The predicted octanol–water partition coefficient (Wildman–Crippen LogP) is 4.95. The first kappa shape index (κ1) is 21.0. The van der Waals surface area contributed by atoms with E-state index in [9.17, 15) is 18.0 Å². The van der Waals surface area contributed by atoms with Crippen LogP contribution in [0.4, 0.5) is 23.8 Å². The first-order chi connectivity index (χ1) is 16.0. The van der Waals surface area contributed by atoms with Gasteiger partial charge in [0.05, 0.1) is 17.8 Å². The molecule has 4 aromatic rings. The molecule has 1 fully saturated rings. The van der Waals surface area contributed by atoms with Gasteiger partial charge in [-0.05, 0) is 48.7 Å². The second-order valence-corrected chi connectivity index (χ2v) is 7.95. The number of nitrogens with one attached hydrogen (secondary N) is 1. The number of carbonyl (C=O) groups excluding carboxylic acids is 1. The second-order valence-electron chi connectivity index (χ2n) is 7.95. The van der Waals surface area contributed by atoms with Gasteiger partial charge in [-0.3, -0.25) is 4.57 Å². The summed E-state index contributed by atoms with van der Waals surface area (Å²) in [6.07, 6.45) is 4.41. The Labute approximate surface area is 187 Å². The molecule has 2 aromatic heterocycles. The van der Waals surface area contributed by atoms with Crippen molar-refractivity contribution >= 4 is 22.9 Å². The van der Waals surface area contributed by atoms with Crippen LogP contribution in [0.1, 0.15) is 30.0 Å². The van der Waals surface area contributed by atoms with E-state index in [4.69, 9.17) is 0 Å². The van der Waals surface area contributed by atoms with Crippen LogP contribution in [-0.4, -0.2) is 27.1 Å². The molecule has 3 heterocycles. The van der Waals surface area contributed by atoms with Gasteiger partial charge in [0.15, 0.2) is 0 Å². The van der Waals surface area contributed by atoms with Crippen molar-refractivity contribution in [3.8, 4) is 0 Å². The predicted molar refractivity (Wildman–Crippen MR) is 117 cm³/mol. The molecular formula is C24H20F3N5O. The molecule has 5 rings (SSSR count). The monoisotopic (exact) mass is 451 g/mol. The lowest BCUT2D eigenvalue weighted by Gasteiger charge is -2.26. The summed E-state index contributed by atoms with van der Waals surface area (Å²) in [7, 11) is 0. The highest BCUT2D eigenvalue weighted by atomic mass is 19.1. The largest absolute Gasteiger partial charge is 0.349 e. The Morgan fingerprint density at radius 2 is 1.91 bits per heavy atom. The molecule has 168 valence electrons. The van der Waals surface area contributed by atoms with Crippen molar-refractivity contribution in [1.82, 2.24) is 19.9 Å². The maximum atomic E-state index is 14.4. The molecule has 0 spiro atoms. The molecule has 0 aliphatic carbocycles. The summed E-state index contributed by atoms with van der Waals surface area (Å²) in [5.41, 5.74) is 1.97. The fourth-order valence-electron chi connectivity index (χ4n) is 4.26. The maximum absolute atomic E-state index is 14.4. The summed E-state index contributed by atoms with van der Waals surface area (Å²) in [5.74, 6) is -0.778. The Bertz CT molecular complexity index is 1340. The van der Waals surface area contributed by atoms with Gasteiger partial charge in [0, 0.05) is 24.7 Å². The third kappa shape index (κ3) is 4.13. The van der Waals surface area contributed by atoms with Crippen LogP contribution >= 0.6 is 0 Å². The van der Waals surface area contributed by atoms with E-state index in [1.807, 2.05) is 4.90 Å². The van der Waals surface area contributed by atoms with Crippen LogP contribution in [0.2, 0.25) is 0 Å². The molecule has 1 N–H and O–H groups in total. The number of halogens is 3. The minimum atomic E-state index is -0.491. The van der Waals surface area contributed by atoms with Crippen LogP contribution in [0.3, 0.4) is 0 Å². The lowest BCUT2D eigenvalue weighted by molar-refractivity contribution is 0.242. The van der Waals surface area contributed by atoms with Crippen LogP contribution < -0.4 is 10.2 Å². The normalized spacial score (nSPS) is 15.8. The van der Waals surface area contributed by atoms with Crippen LogP contribution in [0, 0.1) is 17.5 Å². The SMILES string of the molecule is O=C(NCc1cccc(F)c1)n1cnc2cnc(N3CCCC3c3cc(F)ccc3F)cc21. The van der Waals surface area contributed by atoms with Crippen LogP contribution in [0.25, 0.3) is 11.0 Å². The van der Waals surface area contributed by atoms with Crippen molar-refractivity contribution < 1.29 is 18.0 Å². The first-order valence-corrected chi connectivity index (χ1v) is 10.6. The molecule has 1 unspecified atom stereocenters. The van der Waals surface area contributed by atoms with E-state index < -0.39 is 17.7 Å². The average Bonchev–Trinajstić information content (AvgIpc) is 3.46. The molecule has 9 heteroatoms. The molecule has 0 bridgehead atoms. The summed E-state index contributed by atoms with van der Waals surface area (Å²) in [6.45, 7) is 0.778. The summed E-state index contributed by atoms with van der Waals surface area (Å²) in [5, 5.41) is 2.75. The molecule has 33 heavy (non-hydrogen) atoms. The standard InChI is InChI=1S/C24H20F3N5O/c25-16-4-1-3-15(9-16)12-29-24(33)32-14-30-20-13-28-23(11-22(20)32)31-8-2-5-21(31)18-10-17(26)6-7-19(18)27/h1,3-4,6-7,9-11,13-14,21H,2,5,8,12H2,(H,29,33). The molecule has 1 aliphatic rings. The van der Waals surface area contributed by atoms with Gasteiger partial charge in [-0.1, -0.05) is 12.1 Å². The van der Waals surface area contributed by atoms with E-state index in [1.54, 1.807) is 24.4 Å². The number of imidazole rings is 1. The number of rotatable bonds is 4. The summed E-state index contributed by atoms with van der Waals surface area (Å²) >= 11 is 0. The number of pyridine rings is 1. The van der Waals surface area contributed by atoms with E-state index in [-0.39, 0.29) is 24.0 Å². The van der Waals surface area contributed by atoms with E-state index in [1.165, 1.54) is 29.1 Å². The number of benzene rings is 2. The van der Waals surface area contributed by atoms with Crippen molar-refractivity contribution in [2.24, 2.45) is 0 Å². The molecular weight excluding hydrogens is 431 g/mol. The van der Waals surface area contributed by atoms with Gasteiger partial charge >= 0.3 is 6.03 Å². The van der Waals surface area contributed by atoms with Crippen molar-refractivity contribution in [3.63, 3.8) is 0 Å². The number of fused-ring (bicyclic) bond motifs is 1. The van der Waals surface area contributed by atoms with Crippen molar-refractivity contribution in [2.75, 3.05) is 11.4 Å². The van der Waals surface area contributed by atoms with Gasteiger partial charge in [0.1, 0.15) is 35.1 Å². The highest BCUT2D eigenvalue weighted by molar-refractivity contribution is 5.90. The molecule has 6 nitrogen and oxygen atoms in total. The van der Waals surface area contributed by atoms with Crippen LogP contribution in [0.15, 0.2) is 61.1 Å². The Morgan fingerprint density at radius 1 is 1.06 bits per heavy atom. The lowest BCUT2D eigenvalue weighted by Crippen LogP contribution is -2.28. The van der Waals surface area contributed by atoms with Gasteiger partial charge in [-0.25, -0.2) is 27.9 Å². The number of amides is 1. The van der Waals surface area contributed by atoms with E-state index in [2.05, 4.69) is 15.3 Å². The highest BCUT2D eigenvalue weighted by Crippen LogP contribution is 2.37. The zero-order chi connectivity index (χ0) is 22.9. The molecule has 2 aromatic carbocycles. The van der Waals surface area contributed by atoms with Gasteiger partial charge in [-0.15, -0.1) is 0 Å². The second kappa shape index (κ2) is 8.57. The molecule has 0 radical (unpaired) electrons. The number of hydrogen-bond donors (Lipinski definition) is 1. The number of hydrogen-bond acceptors (Lipinski definition) is 4. The van der Waals surface area contributed by atoms with Gasteiger partial charge < -0.3 is 10.2 Å². The minimum absolute atomic E-state index is 0.154. The van der Waals surface area contributed by atoms with E-state index in [0.717, 1.165) is 18.6 Å². The Hall–Kier alpha value is -3.88. The van der Waals surface area contributed by atoms with Crippen molar-refractivity contribution in [3.05, 3.63) is 89.6 Å². The topological polar surface area (TPSA) is 63.1 Å². The third-order valence-corrected chi connectivity index (χ3v) is 5.83. The van der Waals surface area contributed by atoms with Gasteiger partial charge in [-0.2, -0.15) is 0 Å². The zero-order valence-corrected chi connectivity index (χ0v) is 17.5. The zero-order valence-electron chi connectivity index (χ0n) is 17.5. The Kier molecular flexibility index (Phi) is 5.45.